The SMILES string of the molecule is CC/C=C\C/C=C\C/C=C\C/C=C\C/C=C\CCCC(=O)OC(COC(=O)CCCCC/C=C\C/C=C\C/C=C\CC)COP(=O)(O)OC1C(O)C(O)C(O)C(O)C1O. The maximum Gasteiger partial charge on any atom is 0.472 e. The van der Waals surface area contributed by atoms with E-state index >= 15 is 0 Å². The lowest BCUT2D eigenvalue weighted by Crippen LogP contribution is -2.64. The van der Waals surface area contributed by atoms with Crippen molar-refractivity contribution in [2.75, 3.05) is 13.2 Å². The van der Waals surface area contributed by atoms with Gasteiger partial charge in [0.25, 0.3) is 0 Å². The number of aliphatic hydroxyl groups is 5. The number of carbonyl (C=O) groups is 2. The van der Waals surface area contributed by atoms with Crippen molar-refractivity contribution < 1.29 is 63.1 Å². The highest BCUT2D eigenvalue weighted by Gasteiger charge is 2.51. The molecule has 0 spiro atoms. The molecule has 14 heteroatoms. The molecular formula is C45H71O13P. The molecule has 0 heterocycles. The Hall–Kier alpha value is -3.23. The number of hydrogen-bond acceptors (Lipinski definition) is 12. The summed E-state index contributed by atoms with van der Waals surface area (Å²) in [5.74, 6) is -1.22. The highest BCUT2D eigenvalue weighted by atomic mass is 31.2. The quantitative estimate of drug-likeness (QED) is 0.0168. The van der Waals surface area contributed by atoms with Gasteiger partial charge in [-0.15, -0.1) is 0 Å². The highest BCUT2D eigenvalue weighted by molar-refractivity contribution is 7.47. The summed E-state index contributed by atoms with van der Waals surface area (Å²) < 4.78 is 33.3. The van der Waals surface area contributed by atoms with Crippen molar-refractivity contribution in [3.63, 3.8) is 0 Å². The number of phosphoric ester groups is 1. The molecule has 1 aliphatic carbocycles. The second-order valence-electron chi connectivity index (χ2n) is 14.1. The minimum atomic E-state index is -5.14. The molecular weight excluding hydrogens is 779 g/mol. The van der Waals surface area contributed by atoms with Crippen molar-refractivity contribution in [1.29, 1.82) is 0 Å². The second kappa shape index (κ2) is 34.5. The summed E-state index contributed by atoms with van der Waals surface area (Å²) >= 11 is 0. The lowest BCUT2D eigenvalue weighted by molar-refractivity contribution is -0.220. The lowest BCUT2D eigenvalue weighted by atomic mass is 9.85. The predicted octanol–water partition coefficient (Wildman–Crippen LogP) is 7.49. The first kappa shape index (κ1) is 53.8. The number of carbonyl (C=O) groups excluding carboxylic acids is 2. The third-order valence-corrected chi connectivity index (χ3v) is 9.91. The average molecular weight is 851 g/mol. The van der Waals surface area contributed by atoms with Crippen molar-refractivity contribution in [3.05, 3.63) is 97.2 Å². The van der Waals surface area contributed by atoms with Gasteiger partial charge in [-0.05, 0) is 83.5 Å². The lowest BCUT2D eigenvalue weighted by Gasteiger charge is -2.41. The second-order valence-corrected chi connectivity index (χ2v) is 15.5. The molecule has 0 saturated heterocycles. The Balaban J connectivity index is 2.58. The third-order valence-electron chi connectivity index (χ3n) is 8.92. The Morgan fingerprint density at radius 1 is 0.525 bits per heavy atom. The van der Waals surface area contributed by atoms with E-state index in [4.69, 9.17) is 18.5 Å². The first-order valence-corrected chi connectivity index (χ1v) is 22.5. The molecule has 0 aromatic heterocycles. The smallest absolute Gasteiger partial charge is 0.462 e. The Labute approximate surface area is 351 Å². The number of rotatable bonds is 32. The van der Waals surface area contributed by atoms with E-state index in [1.54, 1.807) is 0 Å². The van der Waals surface area contributed by atoms with Crippen LogP contribution in [0.3, 0.4) is 0 Å². The molecule has 334 valence electrons. The molecule has 0 radical (unpaired) electrons. The number of aliphatic hydroxyl groups excluding tert-OH is 5. The van der Waals surface area contributed by atoms with Gasteiger partial charge in [-0.3, -0.25) is 18.6 Å². The molecule has 59 heavy (non-hydrogen) atoms. The topological polar surface area (TPSA) is 210 Å². The van der Waals surface area contributed by atoms with Gasteiger partial charge in [-0.25, -0.2) is 4.57 Å². The summed E-state index contributed by atoms with van der Waals surface area (Å²) in [6, 6.07) is 0. The van der Waals surface area contributed by atoms with Gasteiger partial charge >= 0.3 is 19.8 Å². The fourth-order valence-corrected chi connectivity index (χ4v) is 6.54. The van der Waals surface area contributed by atoms with E-state index in [1.165, 1.54) is 0 Å². The highest BCUT2D eigenvalue weighted by Crippen LogP contribution is 2.47. The normalized spacial score (nSPS) is 23.3. The van der Waals surface area contributed by atoms with E-state index < -0.39 is 75.7 Å². The molecule has 1 saturated carbocycles. The van der Waals surface area contributed by atoms with E-state index in [0.29, 0.717) is 19.3 Å². The van der Waals surface area contributed by atoms with Gasteiger partial charge in [0.1, 0.15) is 43.2 Å². The third kappa shape index (κ3) is 27.3. The summed E-state index contributed by atoms with van der Waals surface area (Å²) in [4.78, 5) is 35.6. The van der Waals surface area contributed by atoms with Crippen LogP contribution in [0.2, 0.25) is 0 Å². The molecule has 1 rings (SSSR count). The van der Waals surface area contributed by atoms with E-state index in [9.17, 15) is 44.6 Å². The molecule has 0 aromatic rings. The van der Waals surface area contributed by atoms with Crippen LogP contribution in [0, 0.1) is 0 Å². The minimum absolute atomic E-state index is 0.00560. The maximum atomic E-state index is 12.8. The zero-order chi connectivity index (χ0) is 43.6. The zero-order valence-electron chi connectivity index (χ0n) is 35.0. The summed E-state index contributed by atoms with van der Waals surface area (Å²) in [7, 11) is -5.14. The van der Waals surface area contributed by atoms with Crippen LogP contribution in [0.25, 0.3) is 0 Å². The zero-order valence-corrected chi connectivity index (χ0v) is 35.9. The van der Waals surface area contributed by atoms with E-state index in [2.05, 4.69) is 98.9 Å². The summed E-state index contributed by atoms with van der Waals surface area (Å²) in [6.07, 6.45) is 32.0. The van der Waals surface area contributed by atoms with Crippen LogP contribution in [-0.2, 0) is 32.7 Å². The van der Waals surface area contributed by atoms with Gasteiger partial charge in [-0.1, -0.05) is 117 Å². The molecule has 6 unspecified atom stereocenters. The van der Waals surface area contributed by atoms with Gasteiger partial charge in [0.05, 0.1) is 6.61 Å². The molecule has 0 aliphatic heterocycles. The van der Waals surface area contributed by atoms with Gasteiger partial charge in [0.2, 0.25) is 0 Å². The molecule has 0 bridgehead atoms. The molecule has 1 aliphatic rings. The molecule has 0 amide bonds. The number of unbranched alkanes of at least 4 members (excludes halogenated alkanes) is 4. The number of hydrogen-bond donors (Lipinski definition) is 6. The van der Waals surface area contributed by atoms with E-state index in [0.717, 1.165) is 70.6 Å². The molecule has 6 atom stereocenters. The first-order chi connectivity index (χ1) is 28.4. The van der Waals surface area contributed by atoms with Gasteiger partial charge < -0.3 is 39.9 Å². The Morgan fingerprint density at radius 3 is 1.41 bits per heavy atom. The van der Waals surface area contributed by atoms with Crippen LogP contribution in [-0.4, -0.2) is 98.3 Å². The molecule has 13 nitrogen and oxygen atoms in total. The van der Waals surface area contributed by atoms with Crippen molar-refractivity contribution in [1.82, 2.24) is 0 Å². The average Bonchev–Trinajstić information content (AvgIpc) is 3.21. The van der Waals surface area contributed by atoms with Gasteiger partial charge in [0.15, 0.2) is 6.10 Å². The van der Waals surface area contributed by atoms with Crippen LogP contribution in [0.4, 0.5) is 0 Å². The fourth-order valence-electron chi connectivity index (χ4n) is 5.57. The van der Waals surface area contributed by atoms with Crippen molar-refractivity contribution in [3.8, 4) is 0 Å². The standard InChI is InChI=1S/C45H71O13P/c1-3-5-7-9-11-13-15-17-18-19-20-22-24-26-28-30-32-34-39(47)57-37(36-56-59(53,54)58-45-43(51)41(49)40(48)42(50)44(45)52)35-55-38(46)33-31-29-27-25-23-21-16-14-12-10-8-6-4-2/h5-8,11-14,17-18,20-23,26,28,37,40-45,48-52H,3-4,9-10,15-16,19,24-25,27,29-36H2,1-2H3,(H,53,54)/b7-5-,8-6-,13-11-,14-12-,18-17-,22-20-,23-21-,28-26-. The van der Waals surface area contributed by atoms with Gasteiger partial charge in [-0.2, -0.15) is 0 Å². The van der Waals surface area contributed by atoms with Crippen LogP contribution in [0.1, 0.15) is 117 Å². The number of allylic oxidation sites excluding steroid dienone is 16. The van der Waals surface area contributed by atoms with Crippen molar-refractivity contribution in [2.45, 2.75) is 159 Å². The maximum absolute atomic E-state index is 12.8. The predicted molar refractivity (Wildman–Crippen MR) is 230 cm³/mol. The molecule has 0 aromatic carbocycles. The molecule has 1 fully saturated rings. The number of esters is 2. The Kier molecular flexibility index (Phi) is 31.4. The first-order valence-electron chi connectivity index (χ1n) is 21.0. The van der Waals surface area contributed by atoms with Crippen molar-refractivity contribution >= 4 is 19.8 Å². The van der Waals surface area contributed by atoms with Crippen LogP contribution in [0.5, 0.6) is 0 Å². The summed E-state index contributed by atoms with van der Waals surface area (Å²) in [5.41, 5.74) is 0. The van der Waals surface area contributed by atoms with E-state index in [1.807, 2.05) is 12.2 Å². The summed E-state index contributed by atoms with van der Waals surface area (Å²) in [5, 5.41) is 50.0. The largest absolute Gasteiger partial charge is 0.472 e. The Bertz CT molecular complexity index is 1400. The van der Waals surface area contributed by atoms with Crippen LogP contribution < -0.4 is 0 Å². The summed E-state index contributed by atoms with van der Waals surface area (Å²) in [6.45, 7) is 2.96. The van der Waals surface area contributed by atoms with E-state index in [-0.39, 0.29) is 12.8 Å². The Morgan fingerprint density at radius 2 is 0.932 bits per heavy atom. The number of phosphoric acid groups is 1. The van der Waals surface area contributed by atoms with Crippen molar-refractivity contribution in [2.24, 2.45) is 0 Å². The van der Waals surface area contributed by atoms with Gasteiger partial charge in [0, 0.05) is 12.8 Å². The minimum Gasteiger partial charge on any atom is -0.462 e. The monoisotopic (exact) mass is 850 g/mol. The fraction of sp³-hybridized carbons (Fsp3) is 0.600. The number of ether oxygens (including phenoxy) is 2. The molecule has 6 N–H and O–H groups in total. The van der Waals surface area contributed by atoms with Crippen LogP contribution in [0.15, 0.2) is 97.2 Å². The van der Waals surface area contributed by atoms with Crippen LogP contribution >= 0.6 is 7.82 Å².